The Labute approximate surface area is 151 Å². The molecule has 1 aromatic carbocycles. The summed E-state index contributed by atoms with van der Waals surface area (Å²) in [5.74, 6) is -1.10. The van der Waals surface area contributed by atoms with Crippen molar-refractivity contribution in [1.29, 1.82) is 0 Å². The van der Waals surface area contributed by atoms with Crippen LogP contribution in [0.15, 0.2) is 18.2 Å². The highest BCUT2D eigenvalue weighted by molar-refractivity contribution is 6.42. The van der Waals surface area contributed by atoms with Crippen LogP contribution in [0.2, 0.25) is 10.0 Å². The summed E-state index contributed by atoms with van der Waals surface area (Å²) in [4.78, 5) is 37.0. The molecular formula is C16H21Cl2N3O3. The predicted molar refractivity (Wildman–Crippen MR) is 94.3 cm³/mol. The highest BCUT2D eigenvalue weighted by Gasteiger charge is 2.18. The smallest absolute Gasteiger partial charge is 0.251 e. The van der Waals surface area contributed by atoms with E-state index < -0.39 is 5.91 Å². The Morgan fingerprint density at radius 1 is 1.12 bits per heavy atom. The van der Waals surface area contributed by atoms with Crippen LogP contribution in [0.5, 0.6) is 0 Å². The highest BCUT2D eigenvalue weighted by atomic mass is 35.5. The zero-order valence-electron chi connectivity index (χ0n) is 14.1. The number of rotatable bonds is 5. The first-order valence-electron chi connectivity index (χ1n) is 7.28. The van der Waals surface area contributed by atoms with Gasteiger partial charge in [0.15, 0.2) is 0 Å². The summed E-state index contributed by atoms with van der Waals surface area (Å²) < 4.78 is 0. The fourth-order valence-corrected chi connectivity index (χ4v) is 2.09. The van der Waals surface area contributed by atoms with E-state index in [1.54, 1.807) is 0 Å². The third kappa shape index (κ3) is 6.76. The summed E-state index contributed by atoms with van der Waals surface area (Å²) in [6.45, 7) is 5.25. The number of amides is 3. The SMILES string of the molecule is CN(CC(=O)NC(C)(C)C)C(=O)CNC(=O)c1ccc(Cl)c(Cl)c1. The van der Waals surface area contributed by atoms with Crippen molar-refractivity contribution in [3.63, 3.8) is 0 Å². The van der Waals surface area contributed by atoms with Crippen molar-refractivity contribution >= 4 is 40.9 Å². The maximum atomic E-state index is 12.0. The maximum absolute atomic E-state index is 12.0. The summed E-state index contributed by atoms with van der Waals surface area (Å²) in [6.07, 6.45) is 0. The van der Waals surface area contributed by atoms with Crippen molar-refractivity contribution in [2.75, 3.05) is 20.1 Å². The van der Waals surface area contributed by atoms with Crippen LogP contribution < -0.4 is 10.6 Å². The van der Waals surface area contributed by atoms with Gasteiger partial charge in [0.05, 0.1) is 23.1 Å². The molecule has 1 aromatic rings. The topological polar surface area (TPSA) is 78.5 Å². The van der Waals surface area contributed by atoms with Crippen LogP contribution in [0.1, 0.15) is 31.1 Å². The molecule has 0 aliphatic carbocycles. The van der Waals surface area contributed by atoms with E-state index in [0.717, 1.165) is 0 Å². The minimum atomic E-state index is -0.450. The standard InChI is InChI=1S/C16H21Cl2N3O3/c1-16(2,3)20-13(22)9-21(4)14(23)8-19-15(24)10-5-6-11(17)12(18)7-10/h5-7H,8-9H2,1-4H3,(H,19,24)(H,20,22). The van der Waals surface area contributed by atoms with Crippen LogP contribution in [0.25, 0.3) is 0 Å². The fourth-order valence-electron chi connectivity index (χ4n) is 1.79. The highest BCUT2D eigenvalue weighted by Crippen LogP contribution is 2.22. The van der Waals surface area contributed by atoms with Gasteiger partial charge in [-0.15, -0.1) is 0 Å². The van der Waals surface area contributed by atoms with Gasteiger partial charge in [-0.1, -0.05) is 23.2 Å². The Morgan fingerprint density at radius 3 is 2.29 bits per heavy atom. The number of halogens is 2. The number of benzene rings is 1. The summed E-state index contributed by atoms with van der Waals surface area (Å²) >= 11 is 11.6. The molecule has 0 radical (unpaired) electrons. The number of nitrogens with zero attached hydrogens (tertiary/aromatic N) is 1. The van der Waals surface area contributed by atoms with E-state index in [1.165, 1.54) is 30.1 Å². The van der Waals surface area contributed by atoms with Crippen molar-refractivity contribution in [3.8, 4) is 0 Å². The lowest BCUT2D eigenvalue weighted by Crippen LogP contribution is -2.47. The minimum Gasteiger partial charge on any atom is -0.350 e. The van der Waals surface area contributed by atoms with E-state index in [1.807, 2.05) is 20.8 Å². The molecule has 0 saturated heterocycles. The van der Waals surface area contributed by atoms with Gasteiger partial charge in [0, 0.05) is 18.2 Å². The lowest BCUT2D eigenvalue weighted by Gasteiger charge is -2.23. The van der Waals surface area contributed by atoms with E-state index in [2.05, 4.69) is 10.6 Å². The van der Waals surface area contributed by atoms with Crippen molar-refractivity contribution in [3.05, 3.63) is 33.8 Å². The van der Waals surface area contributed by atoms with Crippen LogP contribution in [0.4, 0.5) is 0 Å². The largest absolute Gasteiger partial charge is 0.350 e. The average molecular weight is 374 g/mol. The van der Waals surface area contributed by atoms with E-state index in [4.69, 9.17) is 23.2 Å². The summed E-state index contributed by atoms with van der Waals surface area (Å²) in [5.41, 5.74) is -0.0754. The van der Waals surface area contributed by atoms with Crippen molar-refractivity contribution in [2.45, 2.75) is 26.3 Å². The molecule has 0 aliphatic heterocycles. The van der Waals surface area contributed by atoms with Gasteiger partial charge in [-0.2, -0.15) is 0 Å². The van der Waals surface area contributed by atoms with E-state index in [9.17, 15) is 14.4 Å². The second kappa shape index (κ2) is 8.35. The lowest BCUT2D eigenvalue weighted by atomic mass is 10.1. The van der Waals surface area contributed by atoms with Crippen molar-refractivity contribution < 1.29 is 14.4 Å². The zero-order valence-corrected chi connectivity index (χ0v) is 15.6. The predicted octanol–water partition coefficient (Wildman–Crippen LogP) is 2.10. The third-order valence-corrected chi connectivity index (χ3v) is 3.64. The molecule has 0 fully saturated rings. The Hall–Kier alpha value is -1.79. The Balaban J connectivity index is 2.51. The monoisotopic (exact) mass is 373 g/mol. The van der Waals surface area contributed by atoms with Gasteiger partial charge in [0.1, 0.15) is 0 Å². The molecule has 0 unspecified atom stereocenters. The molecule has 8 heteroatoms. The molecule has 24 heavy (non-hydrogen) atoms. The van der Waals surface area contributed by atoms with Crippen LogP contribution in [0, 0.1) is 0 Å². The number of carbonyl (C=O) groups is 3. The molecule has 0 saturated carbocycles. The van der Waals surface area contributed by atoms with Gasteiger partial charge in [0.2, 0.25) is 11.8 Å². The van der Waals surface area contributed by atoms with E-state index in [-0.39, 0.29) is 35.5 Å². The molecular weight excluding hydrogens is 353 g/mol. The molecule has 0 aromatic heterocycles. The number of carbonyl (C=O) groups excluding carboxylic acids is 3. The number of hydrogen-bond donors (Lipinski definition) is 2. The first-order chi connectivity index (χ1) is 11.0. The Bertz CT molecular complexity index is 642. The molecule has 0 spiro atoms. The van der Waals surface area contributed by atoms with Crippen LogP contribution in [-0.2, 0) is 9.59 Å². The van der Waals surface area contributed by atoms with Gasteiger partial charge < -0.3 is 15.5 Å². The molecule has 0 bridgehead atoms. The summed E-state index contributed by atoms with van der Waals surface area (Å²) in [6, 6.07) is 4.43. The van der Waals surface area contributed by atoms with Crippen LogP contribution in [-0.4, -0.2) is 48.3 Å². The summed E-state index contributed by atoms with van der Waals surface area (Å²) in [7, 11) is 1.50. The van der Waals surface area contributed by atoms with Gasteiger partial charge >= 0.3 is 0 Å². The zero-order chi connectivity index (χ0) is 18.5. The average Bonchev–Trinajstić information content (AvgIpc) is 2.45. The lowest BCUT2D eigenvalue weighted by molar-refractivity contribution is -0.134. The van der Waals surface area contributed by atoms with Gasteiger partial charge in [0.25, 0.3) is 5.91 Å². The first-order valence-corrected chi connectivity index (χ1v) is 8.03. The van der Waals surface area contributed by atoms with Crippen LogP contribution >= 0.6 is 23.2 Å². The summed E-state index contributed by atoms with van der Waals surface area (Å²) in [5, 5.41) is 5.84. The Morgan fingerprint density at radius 2 is 1.75 bits per heavy atom. The van der Waals surface area contributed by atoms with Gasteiger partial charge in [-0.25, -0.2) is 0 Å². The Kier molecular flexibility index (Phi) is 7.05. The number of likely N-dealkylation sites (N-methyl/N-ethyl adjacent to an activating group) is 1. The van der Waals surface area contributed by atoms with Gasteiger partial charge in [-0.05, 0) is 39.0 Å². The molecule has 0 heterocycles. The normalized spacial score (nSPS) is 10.9. The first kappa shape index (κ1) is 20.3. The molecule has 0 atom stereocenters. The molecule has 0 aliphatic rings. The third-order valence-electron chi connectivity index (χ3n) is 2.90. The number of nitrogens with one attached hydrogen (secondary N) is 2. The van der Waals surface area contributed by atoms with E-state index >= 15 is 0 Å². The second-order valence-electron chi connectivity index (χ2n) is 6.36. The minimum absolute atomic E-state index is 0.0846. The van der Waals surface area contributed by atoms with Crippen molar-refractivity contribution in [2.24, 2.45) is 0 Å². The fraction of sp³-hybridized carbons (Fsp3) is 0.438. The van der Waals surface area contributed by atoms with Crippen LogP contribution in [0.3, 0.4) is 0 Å². The van der Waals surface area contributed by atoms with Gasteiger partial charge in [-0.3, -0.25) is 14.4 Å². The maximum Gasteiger partial charge on any atom is 0.251 e. The molecule has 3 amide bonds. The van der Waals surface area contributed by atoms with Crippen molar-refractivity contribution in [1.82, 2.24) is 15.5 Å². The second-order valence-corrected chi connectivity index (χ2v) is 7.17. The molecule has 1 rings (SSSR count). The molecule has 2 N–H and O–H groups in total. The molecule has 132 valence electrons. The van der Waals surface area contributed by atoms with E-state index in [0.29, 0.717) is 10.6 Å². The number of hydrogen-bond acceptors (Lipinski definition) is 3. The quantitative estimate of drug-likeness (QED) is 0.829. The molecule has 6 nitrogen and oxygen atoms in total.